The summed E-state index contributed by atoms with van der Waals surface area (Å²) in [4.78, 5) is 7.90. The SMILES string of the molecule is COc1cc(CNS(=O)(=O)c2cncc(Br)c2)ccn1. The number of hydrogen-bond acceptors (Lipinski definition) is 5. The van der Waals surface area contributed by atoms with E-state index in [2.05, 4.69) is 30.6 Å². The van der Waals surface area contributed by atoms with E-state index in [0.29, 0.717) is 10.4 Å². The number of methoxy groups -OCH3 is 1. The van der Waals surface area contributed by atoms with Gasteiger partial charge in [-0.2, -0.15) is 0 Å². The molecule has 0 atom stereocenters. The number of nitrogens with zero attached hydrogens (tertiary/aromatic N) is 2. The molecule has 0 aromatic carbocycles. The summed E-state index contributed by atoms with van der Waals surface area (Å²) < 4.78 is 32.3. The van der Waals surface area contributed by atoms with Crippen LogP contribution in [0, 0.1) is 0 Å². The summed E-state index contributed by atoms with van der Waals surface area (Å²) in [5.74, 6) is 0.436. The molecule has 0 saturated heterocycles. The molecule has 106 valence electrons. The smallest absolute Gasteiger partial charge is 0.242 e. The van der Waals surface area contributed by atoms with Crippen LogP contribution in [0.2, 0.25) is 0 Å². The van der Waals surface area contributed by atoms with Crippen molar-refractivity contribution in [2.24, 2.45) is 0 Å². The number of ether oxygens (including phenoxy) is 1. The molecule has 0 fully saturated rings. The Morgan fingerprint density at radius 1 is 1.35 bits per heavy atom. The number of aromatic nitrogens is 2. The molecule has 0 aliphatic rings. The molecule has 0 saturated carbocycles. The summed E-state index contributed by atoms with van der Waals surface area (Å²) in [7, 11) is -2.10. The van der Waals surface area contributed by atoms with E-state index in [-0.39, 0.29) is 11.4 Å². The fraction of sp³-hybridized carbons (Fsp3) is 0.167. The molecular formula is C12H12BrN3O3S. The average molecular weight is 358 g/mol. The van der Waals surface area contributed by atoms with Crippen molar-refractivity contribution in [3.05, 3.63) is 46.8 Å². The highest BCUT2D eigenvalue weighted by Gasteiger charge is 2.14. The zero-order valence-electron chi connectivity index (χ0n) is 10.6. The Labute approximate surface area is 125 Å². The minimum absolute atomic E-state index is 0.105. The van der Waals surface area contributed by atoms with Crippen molar-refractivity contribution in [1.82, 2.24) is 14.7 Å². The van der Waals surface area contributed by atoms with Crippen LogP contribution in [0.25, 0.3) is 0 Å². The van der Waals surface area contributed by atoms with Crippen molar-refractivity contribution in [1.29, 1.82) is 0 Å². The first kappa shape index (κ1) is 14.9. The Morgan fingerprint density at radius 3 is 2.85 bits per heavy atom. The Balaban J connectivity index is 2.13. The van der Waals surface area contributed by atoms with Crippen LogP contribution in [-0.2, 0) is 16.6 Å². The molecule has 0 spiro atoms. The molecule has 0 aliphatic heterocycles. The molecule has 2 aromatic rings. The van der Waals surface area contributed by atoms with Crippen LogP contribution >= 0.6 is 15.9 Å². The van der Waals surface area contributed by atoms with Crippen LogP contribution in [0.3, 0.4) is 0 Å². The Kier molecular flexibility index (Phi) is 4.69. The third-order valence-electron chi connectivity index (χ3n) is 2.46. The molecule has 0 amide bonds. The fourth-order valence-electron chi connectivity index (χ4n) is 1.47. The van der Waals surface area contributed by atoms with Gasteiger partial charge in [-0.15, -0.1) is 0 Å². The maximum Gasteiger partial charge on any atom is 0.242 e. The summed E-state index contributed by atoms with van der Waals surface area (Å²) in [5.41, 5.74) is 0.753. The minimum atomic E-state index is -3.60. The molecule has 20 heavy (non-hydrogen) atoms. The van der Waals surface area contributed by atoms with Gasteiger partial charge in [0.1, 0.15) is 4.90 Å². The molecule has 0 unspecified atom stereocenters. The van der Waals surface area contributed by atoms with Crippen LogP contribution in [0.1, 0.15) is 5.56 Å². The molecule has 2 rings (SSSR count). The van der Waals surface area contributed by atoms with Crippen LogP contribution in [0.4, 0.5) is 0 Å². The van der Waals surface area contributed by atoms with Gasteiger partial charge in [0.05, 0.1) is 7.11 Å². The van der Waals surface area contributed by atoms with E-state index in [4.69, 9.17) is 4.74 Å². The number of hydrogen-bond donors (Lipinski definition) is 1. The standard InChI is InChI=1S/C12H12BrN3O3S/c1-19-12-4-9(2-3-15-12)6-16-20(17,18)11-5-10(13)7-14-8-11/h2-5,7-8,16H,6H2,1H3. The monoisotopic (exact) mass is 357 g/mol. The van der Waals surface area contributed by atoms with Gasteiger partial charge in [-0.05, 0) is 33.6 Å². The van der Waals surface area contributed by atoms with Gasteiger partial charge in [0.25, 0.3) is 0 Å². The lowest BCUT2D eigenvalue weighted by Gasteiger charge is -2.07. The molecule has 6 nitrogen and oxygen atoms in total. The maximum atomic E-state index is 12.1. The quantitative estimate of drug-likeness (QED) is 0.880. The van der Waals surface area contributed by atoms with Gasteiger partial charge in [-0.3, -0.25) is 4.98 Å². The number of nitrogens with one attached hydrogen (secondary N) is 1. The highest BCUT2D eigenvalue weighted by atomic mass is 79.9. The minimum Gasteiger partial charge on any atom is -0.481 e. The topological polar surface area (TPSA) is 81.2 Å². The molecule has 2 aromatic heterocycles. The van der Waals surface area contributed by atoms with Gasteiger partial charge in [0.15, 0.2) is 0 Å². The zero-order chi connectivity index (χ0) is 14.6. The lowest BCUT2D eigenvalue weighted by molar-refractivity contribution is 0.397. The molecule has 2 heterocycles. The largest absolute Gasteiger partial charge is 0.481 e. The molecule has 8 heteroatoms. The van der Waals surface area contributed by atoms with Crippen molar-refractivity contribution >= 4 is 26.0 Å². The molecular weight excluding hydrogens is 346 g/mol. The van der Waals surface area contributed by atoms with E-state index < -0.39 is 10.0 Å². The van der Waals surface area contributed by atoms with E-state index in [9.17, 15) is 8.42 Å². The Hall–Kier alpha value is -1.51. The van der Waals surface area contributed by atoms with E-state index in [1.165, 1.54) is 25.6 Å². The highest BCUT2D eigenvalue weighted by Crippen LogP contribution is 2.15. The third-order valence-corrected chi connectivity index (χ3v) is 4.27. The lowest BCUT2D eigenvalue weighted by atomic mass is 10.3. The van der Waals surface area contributed by atoms with Gasteiger partial charge in [0, 0.05) is 35.7 Å². The van der Waals surface area contributed by atoms with E-state index in [1.54, 1.807) is 18.3 Å². The first-order valence-corrected chi connectivity index (χ1v) is 7.88. The second-order valence-electron chi connectivity index (χ2n) is 3.87. The normalized spacial score (nSPS) is 11.3. The maximum absolute atomic E-state index is 12.1. The van der Waals surface area contributed by atoms with Crippen LogP contribution in [-0.4, -0.2) is 25.5 Å². The molecule has 0 bridgehead atoms. The summed E-state index contributed by atoms with van der Waals surface area (Å²) in [6, 6.07) is 4.87. The average Bonchev–Trinajstić information content (AvgIpc) is 2.45. The highest BCUT2D eigenvalue weighted by molar-refractivity contribution is 9.10. The number of sulfonamides is 1. The van der Waals surface area contributed by atoms with Gasteiger partial charge >= 0.3 is 0 Å². The van der Waals surface area contributed by atoms with Crippen molar-refractivity contribution < 1.29 is 13.2 Å². The van der Waals surface area contributed by atoms with Gasteiger partial charge in [-0.25, -0.2) is 18.1 Å². The second kappa shape index (κ2) is 6.29. The summed E-state index contributed by atoms with van der Waals surface area (Å²) >= 11 is 3.19. The number of pyridine rings is 2. The van der Waals surface area contributed by atoms with Crippen LogP contribution in [0.5, 0.6) is 5.88 Å². The van der Waals surface area contributed by atoms with Crippen LogP contribution < -0.4 is 9.46 Å². The first-order chi connectivity index (χ1) is 9.51. The van der Waals surface area contributed by atoms with Crippen molar-refractivity contribution in [3.63, 3.8) is 0 Å². The predicted molar refractivity (Wildman–Crippen MR) is 76.8 cm³/mol. The molecule has 0 aliphatic carbocycles. The van der Waals surface area contributed by atoms with E-state index in [1.807, 2.05) is 0 Å². The summed E-state index contributed by atoms with van der Waals surface area (Å²) in [5, 5.41) is 0. The molecule has 1 N–H and O–H groups in total. The predicted octanol–water partition coefficient (Wildman–Crippen LogP) is 1.73. The lowest BCUT2D eigenvalue weighted by Crippen LogP contribution is -2.23. The third kappa shape index (κ3) is 3.75. The number of rotatable bonds is 5. The number of halogens is 1. The first-order valence-electron chi connectivity index (χ1n) is 5.60. The fourth-order valence-corrected chi connectivity index (χ4v) is 2.99. The van der Waals surface area contributed by atoms with Gasteiger partial charge in [-0.1, -0.05) is 0 Å². The van der Waals surface area contributed by atoms with E-state index in [0.717, 1.165) is 5.56 Å². The van der Waals surface area contributed by atoms with Crippen LogP contribution in [0.15, 0.2) is 46.2 Å². The van der Waals surface area contributed by atoms with Gasteiger partial charge < -0.3 is 4.74 Å². The zero-order valence-corrected chi connectivity index (χ0v) is 13.0. The van der Waals surface area contributed by atoms with E-state index >= 15 is 0 Å². The van der Waals surface area contributed by atoms with Crippen molar-refractivity contribution in [3.8, 4) is 5.88 Å². The Morgan fingerprint density at radius 2 is 2.15 bits per heavy atom. The Bertz CT molecular complexity index is 707. The second-order valence-corrected chi connectivity index (χ2v) is 6.55. The van der Waals surface area contributed by atoms with Crippen molar-refractivity contribution in [2.45, 2.75) is 11.4 Å². The summed E-state index contributed by atoms with van der Waals surface area (Å²) in [6.07, 6.45) is 4.37. The van der Waals surface area contributed by atoms with Gasteiger partial charge in [0.2, 0.25) is 15.9 Å². The molecule has 0 radical (unpaired) electrons. The van der Waals surface area contributed by atoms with Crippen molar-refractivity contribution in [2.75, 3.05) is 7.11 Å². The summed E-state index contributed by atoms with van der Waals surface area (Å²) in [6.45, 7) is 0.147.